The van der Waals surface area contributed by atoms with Gasteiger partial charge in [0.25, 0.3) is 0 Å². The minimum Gasteiger partial charge on any atom is -0.668 e. The minimum atomic E-state index is -1.34. The Hall–Kier alpha value is -5.83. The largest absolute Gasteiger partial charge is 2.00 e. The van der Waals surface area contributed by atoms with Crippen LogP contribution in [0.5, 0.6) is 5.75 Å². The second-order valence-corrected chi connectivity index (χ2v) is 17.4. The molecule has 0 spiro atoms. The summed E-state index contributed by atoms with van der Waals surface area (Å²) in [6, 6.07) is 20.0. The van der Waals surface area contributed by atoms with E-state index in [0.717, 1.165) is 13.3 Å². The van der Waals surface area contributed by atoms with Gasteiger partial charge < -0.3 is 52.7 Å². The fourth-order valence-corrected chi connectivity index (χ4v) is 7.04. The molecule has 20 heteroatoms. The van der Waals surface area contributed by atoms with E-state index in [2.05, 4.69) is 32.7 Å². The Bertz CT molecular complexity index is 2090. The monoisotopic (exact) mass is 1160 g/mol. The summed E-state index contributed by atoms with van der Waals surface area (Å²) in [5.74, 6) is -5.76. The number of hydrogen-bond donors (Lipinski definition) is 7. The fourth-order valence-electron chi connectivity index (χ4n) is 7.04. The maximum Gasteiger partial charge on any atom is 2.00 e. The number of nitrogens with one attached hydrogen (secondary N) is 6. The number of para-hydroxylation sites is 1. The van der Waals surface area contributed by atoms with Gasteiger partial charge in [0.1, 0.15) is 42.0 Å². The van der Waals surface area contributed by atoms with Gasteiger partial charge in [0.2, 0.25) is 35.9 Å². The SMILES string of the molecule is CC([NH-])=O.CCCC[C@H](NC=O)C(=O)N[C@@H](CC(C)C)C(=O)N[C@@H](C)C(=O)N[C@@H](CCCC)C(=O)N(c1ccccc1)[C@@H](Cc1ccc(O)cc1)C(=O)N[C@@H](CCCCN)C(=O)OC(C)=O.[Gd+2].[c-]1ccccc1. The predicted molar refractivity (Wildman–Crippen MR) is 274 cm³/mol. The van der Waals surface area contributed by atoms with Crippen LogP contribution < -0.4 is 37.2 Å². The fraction of sp³-hybridized carbons (Fsp3) is 0.491. The molecule has 0 saturated carbocycles. The molecule has 0 fully saturated rings. The number of rotatable bonds is 28. The quantitative estimate of drug-likeness (QED) is 0.0164. The molecule has 0 aliphatic rings. The molecule has 0 radical (unpaired) electrons. The average Bonchev–Trinajstić information content (AvgIpc) is 3.34. The number of esters is 2. The zero-order chi connectivity index (χ0) is 54.0. The summed E-state index contributed by atoms with van der Waals surface area (Å²) in [6.07, 6.45) is 4.74. The molecule has 402 valence electrons. The van der Waals surface area contributed by atoms with Crippen LogP contribution in [0.25, 0.3) is 5.73 Å². The normalized spacial score (nSPS) is 12.8. The Morgan fingerprint density at radius 2 is 1.22 bits per heavy atom. The first-order valence-corrected chi connectivity index (χ1v) is 24.4. The van der Waals surface area contributed by atoms with Gasteiger partial charge in [-0.25, -0.2) is 4.79 Å². The molecule has 0 unspecified atom stereocenters. The Labute approximate surface area is 462 Å². The van der Waals surface area contributed by atoms with Crippen molar-refractivity contribution in [1.82, 2.24) is 26.6 Å². The Kier molecular flexibility index (Phi) is 35.7. The van der Waals surface area contributed by atoms with Gasteiger partial charge in [-0.2, -0.15) is 36.4 Å². The average molecular weight is 1160 g/mol. The summed E-state index contributed by atoms with van der Waals surface area (Å²) >= 11 is 0. The number of benzene rings is 3. The predicted octanol–water partition coefficient (Wildman–Crippen LogP) is 5.13. The molecule has 0 aromatic heterocycles. The van der Waals surface area contributed by atoms with Crippen molar-refractivity contribution in [2.75, 3.05) is 11.4 Å². The molecule has 9 N–H and O–H groups in total. The van der Waals surface area contributed by atoms with Crippen molar-refractivity contribution in [3.05, 3.63) is 102 Å². The molecule has 3 rings (SSSR count). The number of nitrogens with two attached hydrogens (primary N) is 1. The number of nitrogens with zero attached hydrogens (tertiary/aromatic N) is 1. The first-order valence-electron chi connectivity index (χ1n) is 24.4. The van der Waals surface area contributed by atoms with E-state index in [1.54, 1.807) is 42.5 Å². The standard InChI is InChI=1S/C45H67N7O10.C6H5.C2H5NO.Gd/c1-7-9-18-35(47-28-53)41(57)51-38(26-29(3)4)42(58)48-30(5)40(56)49-36(19-10-8-2)44(60)52(33-16-12-11-13-17-33)39(27-32-21-23-34(55)24-22-32)43(59)50-37(20-14-15-25-46)45(61)62-31(6)54;1-2-4-6-5-3-1;1-2(3)4;/h11-13,16-17,21-24,28-30,35-39,55H,7-10,14-15,18-20,25-27,46H2,1-6H3,(H,47,53)(H,48,58)(H,49,56)(H,50,59)(H,51,57);1-5H;1H3,(H2,3,4);/q;-1;;+2/p-1/t30-,35-,36-,37-,38-,39-;;;/m0.../s1. The number of ether oxygens (including phenoxy) is 1. The van der Waals surface area contributed by atoms with Gasteiger partial charge >= 0.3 is 51.9 Å². The van der Waals surface area contributed by atoms with Gasteiger partial charge in [-0.15, -0.1) is 0 Å². The molecule has 0 saturated heterocycles. The van der Waals surface area contributed by atoms with Gasteiger partial charge in [0.05, 0.1) is 0 Å². The summed E-state index contributed by atoms with van der Waals surface area (Å²) in [7, 11) is 0. The van der Waals surface area contributed by atoms with E-state index in [4.69, 9.17) is 21.0 Å². The molecule has 6 atom stereocenters. The number of phenolic OH excluding ortho intramolecular Hbond substituents is 1. The van der Waals surface area contributed by atoms with Crippen molar-refractivity contribution in [3.63, 3.8) is 0 Å². The smallest absolute Gasteiger partial charge is 0.668 e. The molecule has 0 aliphatic heterocycles. The zero-order valence-corrected chi connectivity index (χ0v) is 45.4. The van der Waals surface area contributed by atoms with E-state index in [0.29, 0.717) is 62.7 Å². The summed E-state index contributed by atoms with van der Waals surface area (Å²) < 4.78 is 4.86. The number of carbonyl (C=O) groups is 9. The topological polar surface area (TPSA) is 296 Å². The van der Waals surface area contributed by atoms with Crippen molar-refractivity contribution >= 4 is 59.5 Å². The summed E-state index contributed by atoms with van der Waals surface area (Å²) in [5, 5.41) is 23.4. The minimum absolute atomic E-state index is 0. The molecule has 0 aliphatic carbocycles. The zero-order valence-electron chi connectivity index (χ0n) is 43.1. The van der Waals surface area contributed by atoms with E-state index in [1.807, 2.05) is 58.0 Å². The third kappa shape index (κ3) is 28.3. The van der Waals surface area contributed by atoms with Crippen LogP contribution in [-0.4, -0.2) is 102 Å². The maximum absolute atomic E-state index is 15.0. The van der Waals surface area contributed by atoms with Gasteiger partial charge in [-0.3, -0.25) is 38.5 Å². The second kappa shape index (κ2) is 38.7. The van der Waals surface area contributed by atoms with Crippen LogP contribution >= 0.6 is 0 Å². The van der Waals surface area contributed by atoms with Crippen LogP contribution in [0.1, 0.15) is 118 Å². The molecular weight excluding hydrogens is 1080 g/mol. The molecule has 19 nitrogen and oxygen atoms in total. The number of phenols is 1. The number of anilines is 1. The molecule has 7 amide bonds. The maximum atomic E-state index is 15.0. The molecule has 0 bridgehead atoms. The molecule has 0 heterocycles. The van der Waals surface area contributed by atoms with E-state index >= 15 is 4.79 Å². The molecule has 73 heavy (non-hydrogen) atoms. The van der Waals surface area contributed by atoms with Crippen LogP contribution in [0, 0.1) is 51.9 Å². The van der Waals surface area contributed by atoms with Crippen LogP contribution in [0.3, 0.4) is 0 Å². The van der Waals surface area contributed by atoms with E-state index in [9.17, 15) is 38.7 Å². The molecular formula is C53H76GdN8O11. The van der Waals surface area contributed by atoms with Crippen molar-refractivity contribution in [2.45, 2.75) is 155 Å². The van der Waals surface area contributed by atoms with E-state index in [-0.39, 0.29) is 77.3 Å². The van der Waals surface area contributed by atoms with Gasteiger partial charge in [-0.1, -0.05) is 83.7 Å². The van der Waals surface area contributed by atoms with Crippen LogP contribution in [-0.2, 0) is 54.3 Å². The van der Waals surface area contributed by atoms with E-state index in [1.165, 1.54) is 30.9 Å². The van der Waals surface area contributed by atoms with Crippen LogP contribution in [0.4, 0.5) is 5.69 Å². The van der Waals surface area contributed by atoms with Gasteiger partial charge in [-0.05, 0) is 94.7 Å². The Morgan fingerprint density at radius 1 is 0.699 bits per heavy atom. The third-order valence-corrected chi connectivity index (χ3v) is 10.6. The second-order valence-electron chi connectivity index (χ2n) is 17.4. The number of amides is 7. The molecule has 3 aromatic rings. The first kappa shape index (κ1) is 67.2. The number of hydrogen-bond acceptors (Lipinski definition) is 12. The summed E-state index contributed by atoms with van der Waals surface area (Å²) in [6.45, 7) is 11.6. The Morgan fingerprint density at radius 3 is 1.71 bits per heavy atom. The van der Waals surface area contributed by atoms with Crippen molar-refractivity contribution in [1.29, 1.82) is 0 Å². The van der Waals surface area contributed by atoms with Crippen molar-refractivity contribution in [3.8, 4) is 5.75 Å². The third-order valence-electron chi connectivity index (χ3n) is 10.6. The van der Waals surface area contributed by atoms with Crippen LogP contribution in [0.15, 0.2) is 84.9 Å². The first-order chi connectivity index (χ1) is 34.3. The number of carbonyl (C=O) groups excluding carboxylic acids is 9. The summed E-state index contributed by atoms with van der Waals surface area (Å²) in [4.78, 5) is 117. The summed E-state index contributed by atoms with van der Waals surface area (Å²) in [5.41, 5.74) is 12.5. The van der Waals surface area contributed by atoms with Crippen molar-refractivity contribution in [2.24, 2.45) is 11.7 Å². The Balaban J connectivity index is 0.00000422. The molecule has 3 aromatic carbocycles. The van der Waals surface area contributed by atoms with Crippen molar-refractivity contribution < 1.29 is 92.9 Å². The number of aromatic hydroxyl groups is 1. The van der Waals surface area contributed by atoms with E-state index < -0.39 is 83.6 Å². The van der Waals surface area contributed by atoms with Gasteiger partial charge in [0, 0.05) is 24.9 Å². The van der Waals surface area contributed by atoms with Crippen LogP contribution in [0.2, 0.25) is 0 Å². The van der Waals surface area contributed by atoms with Gasteiger partial charge in [0.15, 0.2) is 0 Å². The number of unbranched alkanes of at least 4 members (excludes halogenated alkanes) is 3.